The van der Waals surface area contributed by atoms with E-state index in [9.17, 15) is 18.0 Å². The molecule has 0 bridgehead atoms. The highest BCUT2D eigenvalue weighted by Gasteiger charge is 2.26. The van der Waals surface area contributed by atoms with E-state index in [4.69, 9.17) is 20.5 Å². The first-order chi connectivity index (χ1) is 16.0. The van der Waals surface area contributed by atoms with E-state index < -0.39 is 10.1 Å². The van der Waals surface area contributed by atoms with E-state index in [2.05, 4.69) is 5.32 Å². The highest BCUT2D eigenvalue weighted by Crippen LogP contribution is 2.29. The zero-order valence-corrected chi connectivity index (χ0v) is 21.0. The number of nitrogens with zero attached hydrogens (tertiary/aromatic N) is 1. The summed E-state index contributed by atoms with van der Waals surface area (Å²) in [5.41, 5.74) is 0.938. The number of halogens is 1. The van der Waals surface area contributed by atoms with E-state index in [1.807, 2.05) is 13.8 Å². The maximum Gasteiger partial charge on any atom is 0.339 e. The molecular weight excluding hydrogens is 480 g/mol. The summed E-state index contributed by atoms with van der Waals surface area (Å²) in [6.45, 7) is 6.19. The van der Waals surface area contributed by atoms with E-state index in [0.29, 0.717) is 29.4 Å². The molecular formula is C24H29ClN2O6S. The largest absolute Gasteiger partial charge is 0.379 e. The molecule has 1 saturated heterocycles. The maximum absolute atomic E-state index is 12.9. The number of rotatable bonds is 9. The van der Waals surface area contributed by atoms with Crippen LogP contribution in [0.25, 0.3) is 0 Å². The van der Waals surface area contributed by atoms with E-state index in [0.717, 1.165) is 12.8 Å². The fraction of sp³-hybridized carbons (Fsp3) is 0.417. The Morgan fingerprint density at radius 2 is 1.91 bits per heavy atom. The van der Waals surface area contributed by atoms with Crippen molar-refractivity contribution < 1.29 is 26.9 Å². The van der Waals surface area contributed by atoms with Crippen molar-refractivity contribution in [1.82, 2.24) is 4.90 Å². The van der Waals surface area contributed by atoms with E-state index in [1.165, 1.54) is 43.3 Å². The summed E-state index contributed by atoms with van der Waals surface area (Å²) in [6.07, 6.45) is 1.75. The number of carbonyl (C=O) groups is 2. The molecule has 2 aromatic rings. The average molecular weight is 509 g/mol. The highest BCUT2D eigenvalue weighted by atomic mass is 35.5. The van der Waals surface area contributed by atoms with Gasteiger partial charge in [0.25, 0.3) is 0 Å². The van der Waals surface area contributed by atoms with Gasteiger partial charge in [0.05, 0.1) is 6.10 Å². The molecule has 0 aromatic heterocycles. The Kier molecular flexibility index (Phi) is 8.57. The Hall–Kier alpha value is -2.62. The lowest BCUT2D eigenvalue weighted by Crippen LogP contribution is -2.39. The predicted octanol–water partition coefficient (Wildman–Crippen LogP) is 4.23. The molecule has 1 atom stereocenters. The summed E-state index contributed by atoms with van der Waals surface area (Å²) in [6, 6.07) is 10.3. The highest BCUT2D eigenvalue weighted by molar-refractivity contribution is 7.87. The minimum Gasteiger partial charge on any atom is -0.379 e. The van der Waals surface area contributed by atoms with Gasteiger partial charge in [-0.2, -0.15) is 8.42 Å². The Morgan fingerprint density at radius 1 is 1.21 bits per heavy atom. The van der Waals surface area contributed by atoms with Gasteiger partial charge in [-0.25, -0.2) is 0 Å². The summed E-state index contributed by atoms with van der Waals surface area (Å²) < 4.78 is 37.0. The predicted molar refractivity (Wildman–Crippen MR) is 129 cm³/mol. The van der Waals surface area contributed by atoms with Gasteiger partial charge in [0, 0.05) is 48.8 Å². The van der Waals surface area contributed by atoms with Gasteiger partial charge in [0.1, 0.15) is 10.6 Å². The summed E-state index contributed by atoms with van der Waals surface area (Å²) in [5, 5.41) is 2.98. The van der Waals surface area contributed by atoms with Crippen LogP contribution in [0.3, 0.4) is 0 Å². The number of anilines is 1. The molecule has 1 N–H and O–H groups in total. The van der Waals surface area contributed by atoms with Crippen molar-refractivity contribution in [2.45, 2.75) is 51.2 Å². The molecule has 2 aromatic carbocycles. The molecule has 1 aliphatic heterocycles. The lowest BCUT2D eigenvalue weighted by atomic mass is 10.1. The molecule has 1 fully saturated rings. The molecule has 3 rings (SSSR count). The number of nitrogens with one attached hydrogen (secondary N) is 1. The fourth-order valence-electron chi connectivity index (χ4n) is 3.66. The monoisotopic (exact) mass is 508 g/mol. The zero-order valence-electron chi connectivity index (χ0n) is 19.4. The molecule has 8 nitrogen and oxygen atoms in total. The van der Waals surface area contributed by atoms with Crippen molar-refractivity contribution in [3.05, 3.63) is 53.1 Å². The number of hydrogen-bond acceptors (Lipinski definition) is 6. The third-order valence-electron chi connectivity index (χ3n) is 5.30. The molecule has 1 unspecified atom stereocenters. The van der Waals surface area contributed by atoms with Gasteiger partial charge in [0.2, 0.25) is 11.8 Å². The van der Waals surface area contributed by atoms with E-state index in [1.54, 1.807) is 11.0 Å². The molecule has 184 valence electrons. The third kappa shape index (κ3) is 6.94. The molecule has 10 heteroatoms. The lowest BCUT2D eigenvalue weighted by molar-refractivity contribution is -0.136. The average Bonchev–Trinajstić information content (AvgIpc) is 3.27. The first-order valence-electron chi connectivity index (χ1n) is 11.1. The summed E-state index contributed by atoms with van der Waals surface area (Å²) in [7, 11) is -4.17. The second-order valence-corrected chi connectivity index (χ2v) is 10.5. The SMILES string of the molecule is CC(=O)Nc1ccc(S(=O)(=O)Oc2ccc(Cl)cc2CN(CC2CCCO2)C(=O)C(C)C)cc1. The van der Waals surface area contributed by atoms with Gasteiger partial charge >= 0.3 is 10.1 Å². The summed E-state index contributed by atoms with van der Waals surface area (Å²) in [5.74, 6) is -0.487. The van der Waals surface area contributed by atoms with Crippen LogP contribution in [0.1, 0.15) is 39.2 Å². The third-order valence-corrected chi connectivity index (χ3v) is 6.78. The fourth-order valence-corrected chi connectivity index (χ4v) is 4.82. The second kappa shape index (κ2) is 11.2. The second-order valence-electron chi connectivity index (χ2n) is 8.50. The molecule has 0 spiro atoms. The molecule has 2 amide bonds. The van der Waals surface area contributed by atoms with Crippen molar-refractivity contribution in [2.75, 3.05) is 18.5 Å². The van der Waals surface area contributed by atoms with Crippen molar-refractivity contribution >= 4 is 39.2 Å². The van der Waals surface area contributed by atoms with Gasteiger partial charge in [-0.15, -0.1) is 0 Å². The first-order valence-corrected chi connectivity index (χ1v) is 12.8. The number of carbonyl (C=O) groups excluding carboxylic acids is 2. The van der Waals surface area contributed by atoms with Crippen LogP contribution < -0.4 is 9.50 Å². The van der Waals surface area contributed by atoms with Crippen LogP contribution in [0.5, 0.6) is 5.75 Å². The number of ether oxygens (including phenoxy) is 1. The quantitative estimate of drug-likeness (QED) is 0.508. The van der Waals surface area contributed by atoms with Gasteiger partial charge in [-0.05, 0) is 55.3 Å². The standard InChI is InChI=1S/C24H29ClN2O6S/c1-16(2)24(29)27(15-21-5-4-12-32-21)14-18-13-19(25)6-11-23(18)33-34(30,31)22-9-7-20(8-10-22)26-17(3)28/h6-11,13,16,21H,4-5,12,14-15H2,1-3H3,(H,26,28). The van der Waals surface area contributed by atoms with Gasteiger partial charge in [-0.1, -0.05) is 25.4 Å². The number of amides is 2. The Labute approximate surface area is 205 Å². The van der Waals surface area contributed by atoms with Crippen LogP contribution in [0.2, 0.25) is 5.02 Å². The normalized spacial score (nSPS) is 15.9. The lowest BCUT2D eigenvalue weighted by Gasteiger charge is -2.28. The van der Waals surface area contributed by atoms with Gasteiger partial charge < -0.3 is 19.1 Å². The van der Waals surface area contributed by atoms with Crippen LogP contribution in [-0.2, 0) is 31.0 Å². The van der Waals surface area contributed by atoms with E-state index in [-0.39, 0.29) is 41.0 Å². The number of hydrogen-bond donors (Lipinski definition) is 1. The van der Waals surface area contributed by atoms with Crippen LogP contribution in [0.15, 0.2) is 47.4 Å². The Morgan fingerprint density at radius 3 is 2.50 bits per heavy atom. The topological polar surface area (TPSA) is 102 Å². The zero-order chi connectivity index (χ0) is 24.9. The minimum atomic E-state index is -4.17. The molecule has 34 heavy (non-hydrogen) atoms. The van der Waals surface area contributed by atoms with Crippen LogP contribution >= 0.6 is 11.6 Å². The molecule has 0 radical (unpaired) electrons. The van der Waals surface area contributed by atoms with Crippen LogP contribution in [0.4, 0.5) is 5.69 Å². The molecule has 1 aliphatic rings. The van der Waals surface area contributed by atoms with Crippen molar-refractivity contribution in [1.29, 1.82) is 0 Å². The molecule has 0 saturated carbocycles. The van der Waals surface area contributed by atoms with Crippen molar-refractivity contribution in [2.24, 2.45) is 5.92 Å². The van der Waals surface area contributed by atoms with Crippen LogP contribution in [-0.4, -0.2) is 44.4 Å². The van der Waals surface area contributed by atoms with Crippen molar-refractivity contribution in [3.8, 4) is 5.75 Å². The summed E-state index contributed by atoms with van der Waals surface area (Å²) in [4.78, 5) is 25.7. The summed E-state index contributed by atoms with van der Waals surface area (Å²) >= 11 is 6.19. The van der Waals surface area contributed by atoms with Gasteiger partial charge in [-0.3, -0.25) is 9.59 Å². The number of benzene rings is 2. The first kappa shape index (κ1) is 26.0. The molecule has 0 aliphatic carbocycles. The maximum atomic E-state index is 12.9. The molecule has 1 heterocycles. The smallest absolute Gasteiger partial charge is 0.339 e. The Balaban J connectivity index is 1.85. The van der Waals surface area contributed by atoms with Gasteiger partial charge in [0.15, 0.2) is 0 Å². The van der Waals surface area contributed by atoms with E-state index >= 15 is 0 Å². The minimum absolute atomic E-state index is 0.0582. The Bertz CT molecular complexity index is 1130. The van der Waals surface area contributed by atoms with Crippen molar-refractivity contribution in [3.63, 3.8) is 0 Å². The van der Waals surface area contributed by atoms with Crippen LogP contribution in [0, 0.1) is 5.92 Å².